The Bertz CT molecular complexity index is 581. The predicted octanol–water partition coefficient (Wildman–Crippen LogP) is 5.39. The SMILES string of the molecule is Fc1cccc(F)c1CC(Cl)c1cccc(Br)c1F. The lowest BCUT2D eigenvalue weighted by atomic mass is 10.0. The maximum Gasteiger partial charge on any atom is 0.142 e. The standard InChI is InChI=1S/C14H9BrClF3/c15-10-4-1-3-8(14(10)19)11(16)7-9-12(17)5-2-6-13(9)18/h1-6,11H,7H2. The Hall–Kier alpha value is -1.000. The van der Waals surface area contributed by atoms with Gasteiger partial charge in [0.05, 0.1) is 9.85 Å². The summed E-state index contributed by atoms with van der Waals surface area (Å²) in [7, 11) is 0. The van der Waals surface area contributed by atoms with Gasteiger partial charge in [-0.25, -0.2) is 13.2 Å². The van der Waals surface area contributed by atoms with E-state index in [1.165, 1.54) is 18.2 Å². The van der Waals surface area contributed by atoms with E-state index < -0.39 is 22.8 Å². The molecule has 2 rings (SSSR count). The number of rotatable bonds is 3. The first kappa shape index (κ1) is 14.4. The summed E-state index contributed by atoms with van der Waals surface area (Å²) in [5, 5.41) is -0.844. The molecule has 1 unspecified atom stereocenters. The highest BCUT2D eigenvalue weighted by molar-refractivity contribution is 9.10. The molecule has 0 fully saturated rings. The fourth-order valence-corrected chi connectivity index (χ4v) is 2.48. The van der Waals surface area contributed by atoms with Gasteiger partial charge in [-0.3, -0.25) is 0 Å². The second-order valence-electron chi connectivity index (χ2n) is 4.01. The van der Waals surface area contributed by atoms with Crippen molar-refractivity contribution in [1.29, 1.82) is 0 Å². The van der Waals surface area contributed by atoms with E-state index in [2.05, 4.69) is 15.9 Å². The first-order chi connectivity index (χ1) is 9.00. The molecule has 0 heterocycles. The molecule has 0 saturated carbocycles. The highest BCUT2D eigenvalue weighted by atomic mass is 79.9. The Kier molecular flexibility index (Phi) is 4.53. The van der Waals surface area contributed by atoms with Crippen LogP contribution in [-0.4, -0.2) is 0 Å². The summed E-state index contributed by atoms with van der Waals surface area (Å²) in [5.74, 6) is -1.87. The molecule has 0 amide bonds. The van der Waals surface area contributed by atoms with Gasteiger partial charge >= 0.3 is 0 Å². The molecule has 1 atom stereocenters. The van der Waals surface area contributed by atoms with Crippen molar-refractivity contribution >= 4 is 27.5 Å². The molecule has 100 valence electrons. The van der Waals surface area contributed by atoms with Crippen LogP contribution in [0.3, 0.4) is 0 Å². The molecule has 5 heteroatoms. The van der Waals surface area contributed by atoms with E-state index >= 15 is 0 Å². The van der Waals surface area contributed by atoms with Crippen LogP contribution in [0.25, 0.3) is 0 Å². The zero-order chi connectivity index (χ0) is 14.0. The monoisotopic (exact) mass is 348 g/mol. The fraction of sp³-hybridized carbons (Fsp3) is 0.143. The quantitative estimate of drug-likeness (QED) is 0.652. The normalized spacial score (nSPS) is 12.5. The molecule has 0 nitrogen and oxygen atoms in total. The van der Waals surface area contributed by atoms with Crippen molar-refractivity contribution in [2.45, 2.75) is 11.8 Å². The first-order valence-electron chi connectivity index (χ1n) is 5.51. The topological polar surface area (TPSA) is 0 Å². The second kappa shape index (κ2) is 5.97. The van der Waals surface area contributed by atoms with E-state index in [0.29, 0.717) is 0 Å². The third kappa shape index (κ3) is 3.12. The lowest BCUT2D eigenvalue weighted by Gasteiger charge is -2.13. The van der Waals surface area contributed by atoms with Gasteiger partial charge in [-0.2, -0.15) is 0 Å². The first-order valence-corrected chi connectivity index (χ1v) is 6.74. The Morgan fingerprint density at radius 3 is 2.21 bits per heavy atom. The zero-order valence-corrected chi connectivity index (χ0v) is 12.0. The lowest BCUT2D eigenvalue weighted by molar-refractivity contribution is 0.547. The number of hydrogen-bond acceptors (Lipinski definition) is 0. The van der Waals surface area contributed by atoms with Crippen LogP contribution in [0, 0.1) is 17.5 Å². The molecule has 0 aromatic heterocycles. The van der Waals surface area contributed by atoms with Crippen LogP contribution in [-0.2, 0) is 6.42 Å². The molecule has 0 bridgehead atoms. The zero-order valence-electron chi connectivity index (χ0n) is 9.64. The van der Waals surface area contributed by atoms with Crippen molar-refractivity contribution < 1.29 is 13.2 Å². The van der Waals surface area contributed by atoms with Gasteiger partial charge in [0.15, 0.2) is 0 Å². The van der Waals surface area contributed by atoms with Crippen molar-refractivity contribution in [2.75, 3.05) is 0 Å². The van der Waals surface area contributed by atoms with Crippen LogP contribution in [0.5, 0.6) is 0 Å². The highest BCUT2D eigenvalue weighted by Gasteiger charge is 2.19. The van der Waals surface area contributed by atoms with E-state index in [4.69, 9.17) is 11.6 Å². The molecule has 2 aromatic rings. The van der Waals surface area contributed by atoms with Crippen LogP contribution < -0.4 is 0 Å². The minimum absolute atomic E-state index is 0.118. The Labute approximate surface area is 122 Å². The fourth-order valence-electron chi connectivity index (χ4n) is 1.78. The van der Waals surface area contributed by atoms with E-state index in [-0.39, 0.29) is 22.0 Å². The van der Waals surface area contributed by atoms with Gasteiger partial charge in [0.25, 0.3) is 0 Å². The Morgan fingerprint density at radius 2 is 1.58 bits per heavy atom. The third-order valence-electron chi connectivity index (χ3n) is 2.76. The molecule has 0 saturated heterocycles. The molecule has 2 aromatic carbocycles. The predicted molar refractivity (Wildman–Crippen MR) is 72.8 cm³/mol. The minimum Gasteiger partial charge on any atom is -0.207 e. The van der Waals surface area contributed by atoms with Gasteiger partial charge in [0.2, 0.25) is 0 Å². The van der Waals surface area contributed by atoms with Crippen LogP contribution in [0.4, 0.5) is 13.2 Å². The lowest BCUT2D eigenvalue weighted by Crippen LogP contribution is -2.03. The molecule has 0 aliphatic rings. The van der Waals surface area contributed by atoms with Crippen molar-refractivity contribution in [1.82, 2.24) is 0 Å². The van der Waals surface area contributed by atoms with Crippen LogP contribution >= 0.6 is 27.5 Å². The van der Waals surface area contributed by atoms with Crippen molar-refractivity contribution in [3.8, 4) is 0 Å². The number of halogens is 5. The number of hydrogen-bond donors (Lipinski definition) is 0. The molecule has 0 aliphatic heterocycles. The Morgan fingerprint density at radius 1 is 1.00 bits per heavy atom. The summed E-state index contributed by atoms with van der Waals surface area (Å²) in [5.41, 5.74) is 0.0700. The van der Waals surface area contributed by atoms with Gasteiger partial charge in [-0.05, 0) is 40.5 Å². The molecule has 0 N–H and O–H groups in total. The van der Waals surface area contributed by atoms with Crippen LogP contribution in [0.15, 0.2) is 40.9 Å². The molecular weight excluding hydrogens is 341 g/mol. The van der Waals surface area contributed by atoms with Crippen molar-refractivity contribution in [3.63, 3.8) is 0 Å². The van der Waals surface area contributed by atoms with Gasteiger partial charge in [0, 0.05) is 11.1 Å². The summed E-state index contributed by atoms with van der Waals surface area (Å²) in [6.45, 7) is 0. The van der Waals surface area contributed by atoms with E-state index in [1.807, 2.05) is 0 Å². The van der Waals surface area contributed by atoms with E-state index in [9.17, 15) is 13.2 Å². The van der Waals surface area contributed by atoms with Gasteiger partial charge < -0.3 is 0 Å². The van der Waals surface area contributed by atoms with Gasteiger partial charge in [-0.15, -0.1) is 11.6 Å². The molecule has 0 radical (unpaired) electrons. The molecular formula is C14H9BrClF3. The molecule has 0 aliphatic carbocycles. The summed E-state index contributed by atoms with van der Waals surface area (Å²) < 4.78 is 41.1. The van der Waals surface area contributed by atoms with E-state index in [0.717, 1.165) is 12.1 Å². The smallest absolute Gasteiger partial charge is 0.142 e. The maximum absolute atomic E-state index is 13.8. The summed E-state index contributed by atoms with van der Waals surface area (Å²) in [6.07, 6.45) is -0.118. The molecule has 19 heavy (non-hydrogen) atoms. The largest absolute Gasteiger partial charge is 0.207 e. The highest BCUT2D eigenvalue weighted by Crippen LogP contribution is 2.31. The number of benzene rings is 2. The Balaban J connectivity index is 2.31. The molecule has 0 spiro atoms. The number of alkyl halides is 1. The maximum atomic E-state index is 13.8. The average molecular weight is 350 g/mol. The van der Waals surface area contributed by atoms with Gasteiger partial charge in [-0.1, -0.05) is 18.2 Å². The van der Waals surface area contributed by atoms with Crippen molar-refractivity contribution in [3.05, 3.63) is 69.4 Å². The summed E-state index contributed by atoms with van der Waals surface area (Å²) >= 11 is 9.11. The van der Waals surface area contributed by atoms with Crippen molar-refractivity contribution in [2.24, 2.45) is 0 Å². The summed E-state index contributed by atoms with van der Waals surface area (Å²) in [4.78, 5) is 0. The summed E-state index contributed by atoms with van der Waals surface area (Å²) in [6, 6.07) is 8.23. The average Bonchev–Trinajstić information content (AvgIpc) is 2.37. The second-order valence-corrected chi connectivity index (χ2v) is 5.40. The van der Waals surface area contributed by atoms with E-state index in [1.54, 1.807) is 6.07 Å². The third-order valence-corrected chi connectivity index (χ3v) is 3.77. The van der Waals surface area contributed by atoms with Gasteiger partial charge in [0.1, 0.15) is 17.5 Å². The van der Waals surface area contributed by atoms with Crippen LogP contribution in [0.1, 0.15) is 16.5 Å². The minimum atomic E-state index is -0.844. The van der Waals surface area contributed by atoms with Crippen LogP contribution in [0.2, 0.25) is 0 Å².